The predicted octanol–water partition coefficient (Wildman–Crippen LogP) is 1.28. The monoisotopic (exact) mass is 243 g/mol. The molecule has 17 heavy (non-hydrogen) atoms. The van der Waals surface area contributed by atoms with Gasteiger partial charge in [0, 0.05) is 6.54 Å². The second-order valence-electron chi connectivity index (χ2n) is 3.81. The summed E-state index contributed by atoms with van der Waals surface area (Å²) in [5, 5.41) is 11.1. The van der Waals surface area contributed by atoms with Crippen LogP contribution in [0.5, 0.6) is 0 Å². The van der Waals surface area contributed by atoms with Crippen molar-refractivity contribution in [1.82, 2.24) is 5.32 Å². The Morgan fingerprint density at radius 1 is 1.41 bits per heavy atom. The average Bonchev–Trinajstić information content (AvgIpc) is 2.29. The molecule has 0 fully saturated rings. The molecule has 0 heterocycles. The van der Waals surface area contributed by atoms with Crippen LogP contribution in [0.2, 0.25) is 0 Å². The first-order valence-electron chi connectivity index (χ1n) is 5.28. The van der Waals surface area contributed by atoms with Crippen LogP contribution in [0.25, 0.3) is 0 Å². The molecule has 1 aromatic carbocycles. The number of alkyl halides is 2. The number of carbonyl (C=O) groups is 1. The Hall–Kier alpha value is -1.49. The molecule has 1 rings (SSSR count). The van der Waals surface area contributed by atoms with Crippen LogP contribution >= 0.6 is 0 Å². The lowest BCUT2D eigenvalue weighted by atomic mass is 10.1. The van der Waals surface area contributed by atoms with Crippen LogP contribution in [0.1, 0.15) is 11.1 Å². The fourth-order valence-electron chi connectivity index (χ4n) is 1.35. The van der Waals surface area contributed by atoms with Gasteiger partial charge in [-0.05, 0) is 18.1 Å². The van der Waals surface area contributed by atoms with E-state index in [9.17, 15) is 13.6 Å². The summed E-state index contributed by atoms with van der Waals surface area (Å²) in [6.07, 6.45) is -4.52. The number of benzene rings is 1. The van der Waals surface area contributed by atoms with Gasteiger partial charge in [-0.3, -0.25) is 4.79 Å². The Labute approximate surface area is 98.5 Å². The normalized spacial score (nSPS) is 12.5. The molecule has 0 aliphatic carbocycles. The van der Waals surface area contributed by atoms with Gasteiger partial charge in [-0.1, -0.05) is 24.3 Å². The molecule has 0 aliphatic rings. The standard InChI is InChI=1S/C12H15F2NO2/c1-8-4-2-3-5-9(8)6-11(17)15-7-10(16)12(13)14/h2-5,10,12,16H,6-7H2,1H3,(H,15,17). The van der Waals surface area contributed by atoms with Gasteiger partial charge in [-0.15, -0.1) is 0 Å². The Morgan fingerprint density at radius 2 is 2.06 bits per heavy atom. The van der Waals surface area contributed by atoms with Crippen LogP contribution in [0.3, 0.4) is 0 Å². The number of carbonyl (C=O) groups excluding carboxylic acids is 1. The molecule has 0 aliphatic heterocycles. The van der Waals surface area contributed by atoms with Gasteiger partial charge in [-0.25, -0.2) is 8.78 Å². The molecule has 3 nitrogen and oxygen atoms in total. The molecule has 0 saturated heterocycles. The first-order chi connectivity index (χ1) is 8.00. The van der Waals surface area contributed by atoms with Gasteiger partial charge in [0.2, 0.25) is 5.91 Å². The summed E-state index contributed by atoms with van der Waals surface area (Å²) >= 11 is 0. The van der Waals surface area contributed by atoms with E-state index in [2.05, 4.69) is 5.32 Å². The third kappa shape index (κ3) is 4.48. The minimum atomic E-state index is -2.84. The molecule has 1 atom stereocenters. The van der Waals surface area contributed by atoms with Gasteiger partial charge in [0.05, 0.1) is 6.42 Å². The van der Waals surface area contributed by atoms with Crippen molar-refractivity contribution in [2.24, 2.45) is 0 Å². The van der Waals surface area contributed by atoms with Crippen molar-refractivity contribution in [2.45, 2.75) is 25.9 Å². The Bertz CT molecular complexity index is 383. The molecular formula is C12H15F2NO2. The second-order valence-corrected chi connectivity index (χ2v) is 3.81. The Kier molecular flexibility index (Phi) is 5.03. The molecule has 1 amide bonds. The van der Waals surface area contributed by atoms with E-state index < -0.39 is 19.1 Å². The molecule has 5 heteroatoms. The van der Waals surface area contributed by atoms with E-state index >= 15 is 0 Å². The second kappa shape index (κ2) is 6.30. The van der Waals surface area contributed by atoms with Crippen molar-refractivity contribution in [3.05, 3.63) is 35.4 Å². The van der Waals surface area contributed by atoms with Crippen LogP contribution in [-0.4, -0.2) is 30.1 Å². The van der Waals surface area contributed by atoms with E-state index in [0.29, 0.717) is 0 Å². The van der Waals surface area contributed by atoms with E-state index in [1.807, 2.05) is 25.1 Å². The van der Waals surface area contributed by atoms with E-state index in [1.54, 1.807) is 6.07 Å². The van der Waals surface area contributed by atoms with E-state index in [1.165, 1.54) is 0 Å². The van der Waals surface area contributed by atoms with Crippen molar-refractivity contribution in [3.8, 4) is 0 Å². The molecule has 0 saturated carbocycles. The number of halogens is 2. The van der Waals surface area contributed by atoms with Gasteiger partial charge in [-0.2, -0.15) is 0 Å². The maximum atomic E-state index is 12.0. The first-order valence-corrected chi connectivity index (χ1v) is 5.28. The SMILES string of the molecule is Cc1ccccc1CC(=O)NCC(O)C(F)F. The number of aliphatic hydroxyl groups excluding tert-OH is 1. The highest BCUT2D eigenvalue weighted by Gasteiger charge is 2.17. The Morgan fingerprint density at radius 3 is 2.65 bits per heavy atom. The summed E-state index contributed by atoms with van der Waals surface area (Å²) < 4.78 is 23.9. The minimum Gasteiger partial charge on any atom is -0.385 e. The van der Waals surface area contributed by atoms with Crippen molar-refractivity contribution < 1.29 is 18.7 Å². The lowest BCUT2D eigenvalue weighted by molar-refractivity contribution is -0.121. The molecular weight excluding hydrogens is 228 g/mol. The zero-order chi connectivity index (χ0) is 12.8. The fourth-order valence-corrected chi connectivity index (χ4v) is 1.35. The minimum absolute atomic E-state index is 0.128. The van der Waals surface area contributed by atoms with Crippen LogP contribution in [0.4, 0.5) is 8.78 Å². The zero-order valence-electron chi connectivity index (χ0n) is 9.49. The smallest absolute Gasteiger partial charge is 0.265 e. The highest BCUT2D eigenvalue weighted by molar-refractivity contribution is 5.78. The van der Waals surface area contributed by atoms with Crippen molar-refractivity contribution in [3.63, 3.8) is 0 Å². The summed E-state index contributed by atoms with van der Waals surface area (Å²) in [5.41, 5.74) is 1.81. The highest BCUT2D eigenvalue weighted by atomic mass is 19.3. The topological polar surface area (TPSA) is 49.3 Å². The predicted molar refractivity (Wildman–Crippen MR) is 59.9 cm³/mol. The molecule has 1 aromatic rings. The van der Waals surface area contributed by atoms with E-state index in [0.717, 1.165) is 11.1 Å². The first kappa shape index (κ1) is 13.6. The van der Waals surface area contributed by atoms with Crippen LogP contribution in [0.15, 0.2) is 24.3 Å². The van der Waals surface area contributed by atoms with Crippen molar-refractivity contribution in [1.29, 1.82) is 0 Å². The molecule has 2 N–H and O–H groups in total. The summed E-state index contributed by atoms with van der Waals surface area (Å²) in [7, 11) is 0. The number of hydrogen-bond acceptors (Lipinski definition) is 2. The van der Waals surface area contributed by atoms with Gasteiger partial charge >= 0.3 is 0 Å². The van der Waals surface area contributed by atoms with E-state index in [-0.39, 0.29) is 12.3 Å². The number of amides is 1. The molecule has 0 aromatic heterocycles. The number of aliphatic hydroxyl groups is 1. The lowest BCUT2D eigenvalue weighted by Crippen LogP contribution is -2.36. The van der Waals surface area contributed by atoms with Gasteiger partial charge in [0.15, 0.2) is 0 Å². The maximum Gasteiger partial charge on any atom is 0.265 e. The van der Waals surface area contributed by atoms with Crippen LogP contribution < -0.4 is 5.32 Å². The van der Waals surface area contributed by atoms with E-state index in [4.69, 9.17) is 5.11 Å². The largest absolute Gasteiger partial charge is 0.385 e. The Balaban J connectivity index is 2.43. The van der Waals surface area contributed by atoms with Gasteiger partial charge in [0.25, 0.3) is 6.43 Å². The molecule has 94 valence electrons. The quantitative estimate of drug-likeness (QED) is 0.818. The fraction of sp³-hybridized carbons (Fsp3) is 0.417. The third-order valence-electron chi connectivity index (χ3n) is 2.41. The maximum absolute atomic E-state index is 12.0. The molecule has 1 unspecified atom stereocenters. The van der Waals surface area contributed by atoms with Crippen LogP contribution in [0, 0.1) is 6.92 Å². The van der Waals surface area contributed by atoms with Crippen LogP contribution in [-0.2, 0) is 11.2 Å². The zero-order valence-corrected chi connectivity index (χ0v) is 9.49. The number of rotatable bonds is 5. The summed E-state index contributed by atoms with van der Waals surface area (Å²) in [5.74, 6) is -0.376. The van der Waals surface area contributed by atoms with Crippen molar-refractivity contribution in [2.75, 3.05) is 6.54 Å². The van der Waals surface area contributed by atoms with Gasteiger partial charge < -0.3 is 10.4 Å². The summed E-state index contributed by atoms with van der Waals surface area (Å²) in [6.45, 7) is 1.44. The highest BCUT2D eigenvalue weighted by Crippen LogP contribution is 2.07. The van der Waals surface area contributed by atoms with Crippen molar-refractivity contribution >= 4 is 5.91 Å². The lowest BCUT2D eigenvalue weighted by Gasteiger charge is -2.11. The average molecular weight is 243 g/mol. The molecule has 0 bridgehead atoms. The molecule has 0 radical (unpaired) electrons. The summed E-state index contributed by atoms with van der Waals surface area (Å²) in [4.78, 5) is 11.4. The molecule has 0 spiro atoms. The van der Waals surface area contributed by atoms with Gasteiger partial charge in [0.1, 0.15) is 6.10 Å². The third-order valence-corrected chi connectivity index (χ3v) is 2.41. The number of nitrogens with one attached hydrogen (secondary N) is 1. The number of hydrogen-bond donors (Lipinski definition) is 2. The number of aryl methyl sites for hydroxylation is 1. The summed E-state index contributed by atoms with van der Waals surface area (Å²) in [6, 6.07) is 7.34.